The number of hydrogen-bond acceptors (Lipinski definition) is 3. The van der Waals surface area contributed by atoms with Gasteiger partial charge in [0.25, 0.3) is 0 Å². The smallest absolute Gasteiger partial charge is 0.230 e. The van der Waals surface area contributed by atoms with E-state index in [1.807, 2.05) is 42.5 Å². The number of Topliss-reactive ketones (excluding diaryl/α,β-unsaturated/α-hetero) is 1. The molecule has 0 bridgehead atoms. The average molecular weight is 402 g/mol. The minimum atomic E-state index is -0.483. The summed E-state index contributed by atoms with van der Waals surface area (Å²) >= 11 is 3.46. The lowest BCUT2D eigenvalue weighted by molar-refractivity contribution is -0.136. The molecule has 4 nitrogen and oxygen atoms in total. The quantitative estimate of drug-likeness (QED) is 0.718. The lowest BCUT2D eigenvalue weighted by Gasteiger charge is -2.30. The van der Waals surface area contributed by atoms with Crippen LogP contribution < -0.4 is 0 Å². The fourth-order valence-electron chi connectivity index (χ4n) is 3.00. The number of morpholine rings is 1. The van der Waals surface area contributed by atoms with Crippen LogP contribution in [0, 0.1) is 0 Å². The summed E-state index contributed by atoms with van der Waals surface area (Å²) in [5, 5.41) is 0. The molecule has 1 aliphatic rings. The number of nitrogens with zero attached hydrogens (tertiary/aromatic N) is 1. The molecule has 1 fully saturated rings. The molecular formula is C20H20BrNO3. The molecule has 0 unspecified atom stereocenters. The maximum Gasteiger partial charge on any atom is 0.230 e. The van der Waals surface area contributed by atoms with Crippen molar-refractivity contribution in [3.05, 3.63) is 70.2 Å². The summed E-state index contributed by atoms with van der Waals surface area (Å²) in [6.45, 7) is 2.23. The Balaban J connectivity index is 1.86. The molecule has 1 saturated heterocycles. The van der Waals surface area contributed by atoms with E-state index in [9.17, 15) is 9.59 Å². The second-order valence-electron chi connectivity index (χ2n) is 6.04. The molecule has 0 saturated carbocycles. The van der Waals surface area contributed by atoms with Crippen molar-refractivity contribution in [2.75, 3.05) is 26.3 Å². The highest BCUT2D eigenvalue weighted by molar-refractivity contribution is 9.10. The van der Waals surface area contributed by atoms with Crippen molar-refractivity contribution >= 4 is 27.6 Å². The van der Waals surface area contributed by atoms with E-state index in [4.69, 9.17) is 4.74 Å². The Morgan fingerprint density at radius 1 is 1.04 bits per heavy atom. The van der Waals surface area contributed by atoms with E-state index in [1.54, 1.807) is 17.0 Å². The van der Waals surface area contributed by atoms with Crippen LogP contribution in [0.1, 0.15) is 28.3 Å². The van der Waals surface area contributed by atoms with Gasteiger partial charge in [0.05, 0.1) is 19.1 Å². The van der Waals surface area contributed by atoms with Crippen molar-refractivity contribution in [2.45, 2.75) is 12.3 Å². The number of ether oxygens (including phenoxy) is 1. The van der Waals surface area contributed by atoms with Crippen LogP contribution in [0.25, 0.3) is 0 Å². The van der Waals surface area contributed by atoms with Crippen LogP contribution in [0.4, 0.5) is 0 Å². The summed E-state index contributed by atoms with van der Waals surface area (Å²) in [5.41, 5.74) is 1.49. The van der Waals surface area contributed by atoms with Crippen LogP contribution in [-0.2, 0) is 9.53 Å². The predicted molar refractivity (Wildman–Crippen MR) is 99.7 cm³/mol. The SMILES string of the molecule is O=C(C[C@@H](C(=O)N1CCOCC1)c1cccc(Br)c1)c1ccccc1. The van der Waals surface area contributed by atoms with Gasteiger partial charge in [-0.1, -0.05) is 58.4 Å². The maximum absolute atomic E-state index is 13.1. The fourth-order valence-corrected chi connectivity index (χ4v) is 3.42. The molecular weight excluding hydrogens is 382 g/mol. The Labute approximate surface area is 155 Å². The Bertz CT molecular complexity index is 742. The van der Waals surface area contributed by atoms with Gasteiger partial charge in [0, 0.05) is 29.5 Å². The van der Waals surface area contributed by atoms with Crippen LogP contribution in [0.2, 0.25) is 0 Å². The molecule has 2 aromatic rings. The molecule has 0 radical (unpaired) electrons. The summed E-state index contributed by atoms with van der Waals surface area (Å²) in [6, 6.07) is 16.8. The number of carbonyl (C=O) groups excluding carboxylic acids is 2. The summed E-state index contributed by atoms with van der Waals surface area (Å²) in [6.07, 6.45) is 0.163. The highest BCUT2D eigenvalue weighted by Crippen LogP contribution is 2.27. The van der Waals surface area contributed by atoms with E-state index < -0.39 is 5.92 Å². The van der Waals surface area contributed by atoms with Gasteiger partial charge in [0.1, 0.15) is 0 Å². The van der Waals surface area contributed by atoms with E-state index in [1.165, 1.54) is 0 Å². The molecule has 0 N–H and O–H groups in total. The molecule has 1 heterocycles. The molecule has 5 heteroatoms. The monoisotopic (exact) mass is 401 g/mol. The largest absolute Gasteiger partial charge is 0.378 e. The Hall–Kier alpha value is -1.98. The van der Waals surface area contributed by atoms with Gasteiger partial charge in [0.2, 0.25) is 5.91 Å². The van der Waals surface area contributed by atoms with Crippen molar-refractivity contribution in [2.24, 2.45) is 0 Å². The van der Waals surface area contributed by atoms with Crippen LogP contribution in [-0.4, -0.2) is 42.9 Å². The Kier molecular flexibility index (Phi) is 6.00. The zero-order valence-corrected chi connectivity index (χ0v) is 15.4. The number of ketones is 1. The minimum absolute atomic E-state index is 0.00863. The highest BCUT2D eigenvalue weighted by Gasteiger charge is 2.29. The average Bonchev–Trinajstić information content (AvgIpc) is 2.67. The number of amides is 1. The van der Waals surface area contributed by atoms with Crippen molar-refractivity contribution in [3.8, 4) is 0 Å². The van der Waals surface area contributed by atoms with Crippen molar-refractivity contribution in [1.29, 1.82) is 0 Å². The van der Waals surface area contributed by atoms with Gasteiger partial charge in [0.15, 0.2) is 5.78 Å². The first-order valence-corrected chi connectivity index (χ1v) is 9.14. The number of rotatable bonds is 5. The number of carbonyl (C=O) groups is 2. The van der Waals surface area contributed by atoms with Gasteiger partial charge in [-0.05, 0) is 17.7 Å². The third-order valence-electron chi connectivity index (χ3n) is 4.36. The van der Waals surface area contributed by atoms with Crippen LogP contribution in [0.3, 0.4) is 0 Å². The summed E-state index contributed by atoms with van der Waals surface area (Å²) in [5.74, 6) is -0.513. The molecule has 1 atom stereocenters. The topological polar surface area (TPSA) is 46.6 Å². The Morgan fingerprint density at radius 2 is 1.76 bits per heavy atom. The summed E-state index contributed by atoms with van der Waals surface area (Å²) in [4.78, 5) is 27.6. The van der Waals surface area contributed by atoms with Crippen LogP contribution in [0.15, 0.2) is 59.1 Å². The van der Waals surface area contributed by atoms with Crippen LogP contribution in [0.5, 0.6) is 0 Å². The Morgan fingerprint density at radius 3 is 2.44 bits per heavy atom. The first-order valence-electron chi connectivity index (χ1n) is 8.35. The van der Waals surface area contributed by atoms with E-state index in [0.717, 1.165) is 10.0 Å². The fraction of sp³-hybridized carbons (Fsp3) is 0.300. The van der Waals surface area contributed by atoms with Gasteiger partial charge >= 0.3 is 0 Å². The highest BCUT2D eigenvalue weighted by atomic mass is 79.9. The third-order valence-corrected chi connectivity index (χ3v) is 4.85. The molecule has 25 heavy (non-hydrogen) atoms. The van der Waals surface area contributed by atoms with Crippen molar-refractivity contribution < 1.29 is 14.3 Å². The standard InChI is InChI=1S/C20H20BrNO3/c21-17-8-4-7-16(13-17)18(20(24)22-9-11-25-12-10-22)14-19(23)15-5-2-1-3-6-15/h1-8,13,18H,9-12,14H2/t18-/m1/s1. The lowest BCUT2D eigenvalue weighted by atomic mass is 9.90. The molecule has 1 aliphatic heterocycles. The molecule has 130 valence electrons. The van der Waals surface area contributed by atoms with Gasteiger partial charge in [-0.25, -0.2) is 0 Å². The summed E-state index contributed by atoms with van der Waals surface area (Å²) in [7, 11) is 0. The van der Waals surface area contributed by atoms with Gasteiger partial charge < -0.3 is 9.64 Å². The van der Waals surface area contributed by atoms with Gasteiger partial charge in [-0.15, -0.1) is 0 Å². The minimum Gasteiger partial charge on any atom is -0.378 e. The molecule has 2 aromatic carbocycles. The molecule has 0 spiro atoms. The maximum atomic E-state index is 13.1. The van der Waals surface area contributed by atoms with E-state index >= 15 is 0 Å². The van der Waals surface area contributed by atoms with Crippen molar-refractivity contribution in [1.82, 2.24) is 4.90 Å². The molecule has 0 aromatic heterocycles. The first kappa shape index (κ1) is 17.8. The van der Waals surface area contributed by atoms with E-state index in [0.29, 0.717) is 31.9 Å². The zero-order valence-electron chi connectivity index (χ0n) is 13.9. The predicted octanol–water partition coefficient (Wildman–Crippen LogP) is 3.66. The van der Waals surface area contributed by atoms with E-state index in [-0.39, 0.29) is 18.1 Å². The third kappa shape index (κ3) is 4.55. The number of hydrogen-bond donors (Lipinski definition) is 0. The van der Waals surface area contributed by atoms with Crippen LogP contribution >= 0.6 is 15.9 Å². The first-order chi connectivity index (χ1) is 12.1. The van der Waals surface area contributed by atoms with E-state index in [2.05, 4.69) is 15.9 Å². The van der Waals surface area contributed by atoms with Gasteiger partial charge in [-0.2, -0.15) is 0 Å². The number of benzene rings is 2. The summed E-state index contributed by atoms with van der Waals surface area (Å²) < 4.78 is 6.24. The van der Waals surface area contributed by atoms with Crippen molar-refractivity contribution in [3.63, 3.8) is 0 Å². The number of halogens is 1. The molecule has 1 amide bonds. The van der Waals surface area contributed by atoms with Gasteiger partial charge in [-0.3, -0.25) is 9.59 Å². The molecule has 3 rings (SSSR count). The zero-order chi connectivity index (χ0) is 17.6. The molecule has 0 aliphatic carbocycles. The normalized spacial score (nSPS) is 15.6. The second-order valence-corrected chi connectivity index (χ2v) is 6.95. The lowest BCUT2D eigenvalue weighted by Crippen LogP contribution is -2.43. The second kappa shape index (κ2) is 8.41.